The van der Waals surface area contributed by atoms with E-state index in [2.05, 4.69) is 4.98 Å². The van der Waals surface area contributed by atoms with Crippen LogP contribution in [0, 0.1) is 0 Å². The third-order valence-electron chi connectivity index (χ3n) is 5.20. The van der Waals surface area contributed by atoms with Gasteiger partial charge in [-0.1, -0.05) is 30.3 Å². The van der Waals surface area contributed by atoms with Crippen molar-refractivity contribution >= 4 is 19.4 Å². The maximum absolute atomic E-state index is 12.9. The second-order valence-electron chi connectivity index (χ2n) is 7.55. The monoisotopic (exact) mass is 478 g/mol. The van der Waals surface area contributed by atoms with Crippen LogP contribution in [0.15, 0.2) is 46.2 Å². The number of fused-ring (bicyclic) bond motifs is 1. The van der Waals surface area contributed by atoms with Gasteiger partial charge in [-0.3, -0.25) is 18.5 Å². The van der Waals surface area contributed by atoms with Crippen LogP contribution in [0.2, 0.25) is 0 Å². The summed E-state index contributed by atoms with van der Waals surface area (Å²) in [7, 11) is -0.970. The maximum atomic E-state index is 12.9. The van der Waals surface area contributed by atoms with Crippen LogP contribution in [-0.2, 0) is 45.1 Å². The van der Waals surface area contributed by atoms with Gasteiger partial charge in [-0.05, 0) is 38.2 Å². The van der Waals surface area contributed by atoms with Crippen molar-refractivity contribution in [3.8, 4) is 0 Å². The van der Waals surface area contributed by atoms with Gasteiger partial charge >= 0.3 is 13.9 Å². The predicted octanol–water partition coefficient (Wildman–Crippen LogP) is 2.73. The zero-order chi connectivity index (χ0) is 23.6. The Hall–Kier alpha value is -2.52. The minimum absolute atomic E-state index is 0.188. The largest absolute Gasteiger partial charge is 0.361 e. The molecule has 0 N–H and O–H groups in total. The predicted molar refractivity (Wildman–Crippen MR) is 126 cm³/mol. The lowest BCUT2D eigenvalue weighted by atomic mass is 10.1. The van der Waals surface area contributed by atoms with Crippen LogP contribution >= 0.6 is 8.25 Å². The molecule has 0 amide bonds. The van der Waals surface area contributed by atoms with Gasteiger partial charge in [0.25, 0.3) is 5.56 Å². The van der Waals surface area contributed by atoms with Crippen molar-refractivity contribution in [3.05, 3.63) is 63.1 Å². The molecule has 180 valence electrons. The molecule has 0 saturated carbocycles. The minimum Gasteiger partial charge on any atom is -0.361 e. The summed E-state index contributed by atoms with van der Waals surface area (Å²) >= 11 is 0. The second-order valence-corrected chi connectivity index (χ2v) is 8.63. The zero-order valence-electron chi connectivity index (χ0n) is 19.1. The van der Waals surface area contributed by atoms with Crippen LogP contribution < -0.4 is 11.2 Å². The molecular formula is C22H31N4O6P. The Bertz CT molecular complexity index is 1170. The number of unbranched alkanes of at least 4 members (excludes halogenated alkanes) is 1. The third kappa shape index (κ3) is 6.74. The normalized spacial score (nSPS) is 12.4. The summed E-state index contributed by atoms with van der Waals surface area (Å²) in [6, 6.07) is 10.0. The number of imidazole rings is 1. The molecular weight excluding hydrogens is 447 g/mol. The quantitative estimate of drug-likeness (QED) is 0.259. The van der Waals surface area contributed by atoms with Crippen molar-refractivity contribution in [2.24, 2.45) is 7.05 Å². The molecule has 1 unspecified atom stereocenters. The Kier molecular flexibility index (Phi) is 9.62. The van der Waals surface area contributed by atoms with Gasteiger partial charge in [0.1, 0.15) is 6.73 Å². The van der Waals surface area contributed by atoms with Crippen LogP contribution in [0.4, 0.5) is 0 Å². The first-order chi connectivity index (χ1) is 16.0. The Morgan fingerprint density at radius 3 is 2.48 bits per heavy atom. The van der Waals surface area contributed by atoms with Crippen LogP contribution in [0.3, 0.4) is 0 Å². The van der Waals surface area contributed by atoms with Gasteiger partial charge < -0.3 is 18.4 Å². The fourth-order valence-corrected chi connectivity index (χ4v) is 4.16. The highest BCUT2D eigenvalue weighted by Crippen LogP contribution is 2.24. The molecule has 1 aromatic carbocycles. The van der Waals surface area contributed by atoms with Crippen LogP contribution in [0.1, 0.15) is 31.7 Å². The van der Waals surface area contributed by atoms with Gasteiger partial charge in [0.15, 0.2) is 11.2 Å². The number of rotatable bonds is 14. The van der Waals surface area contributed by atoms with Crippen molar-refractivity contribution in [1.82, 2.24) is 18.7 Å². The lowest BCUT2D eigenvalue weighted by Gasteiger charge is -2.10. The summed E-state index contributed by atoms with van der Waals surface area (Å²) in [6.45, 7) is 3.38. The molecule has 11 heteroatoms. The highest BCUT2D eigenvalue weighted by molar-refractivity contribution is 7.33. The highest BCUT2D eigenvalue weighted by atomic mass is 31.1. The zero-order valence-corrected chi connectivity index (χ0v) is 20.1. The van der Waals surface area contributed by atoms with E-state index >= 15 is 0 Å². The fourth-order valence-electron chi connectivity index (χ4n) is 3.45. The Labute approximate surface area is 192 Å². The number of nitrogens with zero attached hydrogens (tertiary/aromatic N) is 4. The molecule has 33 heavy (non-hydrogen) atoms. The summed E-state index contributed by atoms with van der Waals surface area (Å²) in [6.07, 6.45) is 4.17. The molecule has 10 nitrogen and oxygen atoms in total. The van der Waals surface area contributed by atoms with Gasteiger partial charge in [-0.15, -0.1) is 0 Å². The first-order valence-corrected chi connectivity index (χ1v) is 12.3. The molecule has 3 aromatic rings. The number of benzene rings is 1. The van der Waals surface area contributed by atoms with E-state index in [4.69, 9.17) is 13.8 Å². The summed E-state index contributed by atoms with van der Waals surface area (Å²) < 4.78 is 31.9. The van der Waals surface area contributed by atoms with E-state index in [1.165, 1.54) is 21.0 Å². The second kappa shape index (κ2) is 12.6. The molecule has 1 atom stereocenters. The van der Waals surface area contributed by atoms with Crippen molar-refractivity contribution in [1.29, 1.82) is 0 Å². The van der Waals surface area contributed by atoms with E-state index in [0.29, 0.717) is 37.2 Å². The first kappa shape index (κ1) is 25.1. The Morgan fingerprint density at radius 1 is 1.03 bits per heavy atom. The summed E-state index contributed by atoms with van der Waals surface area (Å²) in [5.41, 5.74) is 1.04. The number of aryl methyl sites for hydroxylation is 2. The van der Waals surface area contributed by atoms with Gasteiger partial charge in [-0.25, -0.2) is 9.78 Å². The molecule has 0 saturated heterocycles. The smallest absolute Gasteiger partial charge is 0.332 e. The summed E-state index contributed by atoms with van der Waals surface area (Å²) in [5.74, 6) is 0. The molecule has 0 fully saturated rings. The molecule has 0 aliphatic heterocycles. The molecule has 0 radical (unpaired) electrons. The number of hydrogen-bond acceptors (Lipinski definition) is 7. The van der Waals surface area contributed by atoms with E-state index in [0.717, 1.165) is 12.8 Å². The fraction of sp³-hybridized carbons (Fsp3) is 0.500. The van der Waals surface area contributed by atoms with E-state index in [1.54, 1.807) is 11.6 Å². The van der Waals surface area contributed by atoms with E-state index in [-0.39, 0.29) is 19.9 Å². The third-order valence-corrected chi connectivity index (χ3v) is 6.08. The summed E-state index contributed by atoms with van der Waals surface area (Å²) in [4.78, 5) is 29.7. The standard InChI is InChI=1S/C22H31N4O6P/c1-3-30-17-25-16-23-20-19(25)21(27)26(22(28)24(20)2)13-7-8-14-31-33(29)32-15-9-12-18-10-5-4-6-11-18/h4-6,10-11,16,33H,3,7-9,12-15,17H2,1-2H3. The lowest BCUT2D eigenvalue weighted by molar-refractivity contribution is 0.0903. The topological polar surface area (TPSA) is 107 Å². The molecule has 0 spiro atoms. The molecule has 0 aliphatic carbocycles. The Morgan fingerprint density at radius 2 is 1.76 bits per heavy atom. The van der Waals surface area contributed by atoms with Crippen molar-refractivity contribution in [2.75, 3.05) is 19.8 Å². The van der Waals surface area contributed by atoms with Gasteiger partial charge in [-0.2, -0.15) is 0 Å². The molecule has 3 rings (SSSR count). The Balaban J connectivity index is 1.44. The van der Waals surface area contributed by atoms with E-state index in [1.807, 2.05) is 37.3 Å². The number of aromatic nitrogens is 4. The number of hydrogen-bond donors (Lipinski definition) is 0. The molecule has 2 heterocycles. The van der Waals surface area contributed by atoms with Crippen molar-refractivity contribution in [2.45, 2.75) is 45.9 Å². The molecule has 0 bridgehead atoms. The van der Waals surface area contributed by atoms with Crippen molar-refractivity contribution < 1.29 is 18.3 Å². The average Bonchev–Trinajstić information content (AvgIpc) is 3.25. The number of ether oxygens (including phenoxy) is 1. The van der Waals surface area contributed by atoms with Gasteiger partial charge in [0.2, 0.25) is 0 Å². The van der Waals surface area contributed by atoms with Gasteiger partial charge in [0.05, 0.1) is 19.5 Å². The SMILES string of the molecule is CCOCn1cnc2c1c(=O)n(CCCCO[PH](=O)OCCCc1ccccc1)c(=O)n2C. The van der Waals surface area contributed by atoms with Crippen molar-refractivity contribution in [3.63, 3.8) is 0 Å². The van der Waals surface area contributed by atoms with Crippen LogP contribution in [-0.4, -0.2) is 38.5 Å². The highest BCUT2D eigenvalue weighted by Gasteiger charge is 2.16. The van der Waals surface area contributed by atoms with E-state index in [9.17, 15) is 14.2 Å². The van der Waals surface area contributed by atoms with Crippen LogP contribution in [0.25, 0.3) is 11.2 Å². The maximum Gasteiger partial charge on any atom is 0.332 e. The first-order valence-electron chi connectivity index (χ1n) is 11.1. The minimum atomic E-state index is -2.56. The lowest BCUT2D eigenvalue weighted by Crippen LogP contribution is -2.39. The average molecular weight is 478 g/mol. The van der Waals surface area contributed by atoms with E-state index < -0.39 is 19.5 Å². The molecule has 2 aromatic heterocycles. The van der Waals surface area contributed by atoms with Gasteiger partial charge in [0, 0.05) is 20.2 Å². The summed E-state index contributed by atoms with van der Waals surface area (Å²) in [5, 5.41) is 0. The van der Waals surface area contributed by atoms with Crippen LogP contribution in [0.5, 0.6) is 0 Å². The molecule has 0 aliphatic rings.